The maximum atomic E-state index is 12.6. The average Bonchev–Trinajstić information content (AvgIpc) is 2.85. The van der Waals surface area contributed by atoms with Crippen LogP contribution in [0.2, 0.25) is 0 Å². The Balaban J connectivity index is 1.82. The molecule has 1 heterocycles. The van der Waals surface area contributed by atoms with E-state index in [9.17, 15) is 29.1 Å². The van der Waals surface area contributed by atoms with Gasteiger partial charge >= 0.3 is 11.9 Å². The molecule has 0 aliphatic carbocycles. The number of carboxylic acid groups (broad SMARTS) is 2. The Morgan fingerprint density at radius 3 is 2.22 bits per heavy atom. The molecule has 0 bridgehead atoms. The molecule has 1 saturated heterocycles. The number of carbonyl (C=O) groups is 5. The summed E-state index contributed by atoms with van der Waals surface area (Å²) in [5, 5.41) is 33.0. The van der Waals surface area contributed by atoms with Crippen LogP contribution in [0.15, 0.2) is 30.3 Å². The van der Waals surface area contributed by atoms with Gasteiger partial charge in [0, 0.05) is 25.9 Å². The summed E-state index contributed by atoms with van der Waals surface area (Å²) in [4.78, 5) is 61.7. The van der Waals surface area contributed by atoms with Gasteiger partial charge in [0.2, 0.25) is 17.7 Å². The monoisotopic (exact) mass is 518 g/mol. The van der Waals surface area contributed by atoms with Gasteiger partial charge in [0.05, 0.1) is 13.0 Å². The largest absolute Gasteiger partial charge is 0.481 e. The van der Waals surface area contributed by atoms with Crippen LogP contribution in [0, 0.1) is 11.3 Å². The standard InChI is InChI=1S/C24H34N6O7/c25-24(26)30-10-8-15(9-11-30)6-7-19(31)27-14-20(32)28-17(13-21(33)34)22(35)29-18(23(36)37)12-16-4-2-1-3-5-16/h1-5,15,17-18H,6-14H2,(H3,25,26)(H,27,31)(H,28,32)(H,29,35)(H,33,34)(H,36,37)/t17-,18-/m0/s1. The third-order valence-electron chi connectivity index (χ3n) is 6.11. The number of rotatable bonds is 13. The van der Waals surface area contributed by atoms with Crippen molar-refractivity contribution in [3.8, 4) is 0 Å². The zero-order valence-corrected chi connectivity index (χ0v) is 20.4. The molecule has 2 rings (SSSR count). The Hall–Kier alpha value is -4.16. The minimum Gasteiger partial charge on any atom is -0.481 e. The van der Waals surface area contributed by atoms with Gasteiger partial charge in [0.1, 0.15) is 12.1 Å². The van der Waals surface area contributed by atoms with E-state index in [4.69, 9.17) is 16.2 Å². The maximum Gasteiger partial charge on any atom is 0.326 e. The van der Waals surface area contributed by atoms with Gasteiger partial charge in [-0.3, -0.25) is 24.6 Å². The number of nitrogens with two attached hydrogens (primary N) is 1. The molecule has 2 atom stereocenters. The van der Waals surface area contributed by atoms with Crippen LogP contribution in [0.3, 0.4) is 0 Å². The van der Waals surface area contributed by atoms with Crippen LogP contribution in [0.5, 0.6) is 0 Å². The fourth-order valence-electron chi connectivity index (χ4n) is 4.02. The number of carbonyl (C=O) groups excluding carboxylic acids is 3. The van der Waals surface area contributed by atoms with Gasteiger partial charge < -0.3 is 36.8 Å². The topological polar surface area (TPSA) is 215 Å². The van der Waals surface area contributed by atoms with Gasteiger partial charge in [-0.15, -0.1) is 0 Å². The zero-order valence-electron chi connectivity index (χ0n) is 20.4. The van der Waals surface area contributed by atoms with Crippen LogP contribution in [0.4, 0.5) is 0 Å². The van der Waals surface area contributed by atoms with Crippen LogP contribution in [0.25, 0.3) is 0 Å². The second kappa shape index (κ2) is 14.4. The number of hydrogen-bond donors (Lipinski definition) is 7. The highest BCUT2D eigenvalue weighted by atomic mass is 16.4. The fraction of sp³-hybridized carbons (Fsp3) is 0.500. The van der Waals surface area contributed by atoms with Gasteiger partial charge in [0.15, 0.2) is 5.96 Å². The first-order chi connectivity index (χ1) is 17.5. The van der Waals surface area contributed by atoms with Crippen molar-refractivity contribution in [2.45, 2.75) is 50.6 Å². The van der Waals surface area contributed by atoms with Crippen LogP contribution in [-0.4, -0.2) is 82.5 Å². The molecule has 0 spiro atoms. The summed E-state index contributed by atoms with van der Waals surface area (Å²) >= 11 is 0. The molecule has 1 fully saturated rings. The lowest BCUT2D eigenvalue weighted by molar-refractivity contribution is -0.143. The summed E-state index contributed by atoms with van der Waals surface area (Å²) < 4.78 is 0. The SMILES string of the molecule is N=C(N)N1CCC(CCC(=O)NCC(=O)N[C@@H](CC(=O)O)C(=O)N[C@@H](Cc2ccccc2)C(=O)O)CC1. The third kappa shape index (κ3) is 10.5. The second-order valence-electron chi connectivity index (χ2n) is 8.94. The summed E-state index contributed by atoms with van der Waals surface area (Å²) in [6.45, 7) is 0.855. The molecule has 3 amide bonds. The minimum absolute atomic E-state index is 0.0283. The number of nitrogens with zero attached hydrogens (tertiary/aromatic N) is 1. The molecule has 202 valence electrons. The minimum atomic E-state index is -1.52. The highest BCUT2D eigenvalue weighted by Gasteiger charge is 2.28. The summed E-state index contributed by atoms with van der Waals surface area (Å²) in [5.74, 6) is -4.44. The lowest BCUT2D eigenvalue weighted by Crippen LogP contribution is -2.54. The predicted octanol–water partition coefficient (Wildman–Crippen LogP) is -0.740. The molecule has 0 saturated carbocycles. The molecule has 1 aromatic carbocycles. The summed E-state index contributed by atoms with van der Waals surface area (Å²) in [5.41, 5.74) is 6.13. The summed E-state index contributed by atoms with van der Waals surface area (Å²) in [7, 11) is 0. The van der Waals surface area contributed by atoms with Crippen LogP contribution < -0.4 is 21.7 Å². The number of nitrogens with one attached hydrogen (secondary N) is 4. The van der Waals surface area contributed by atoms with E-state index in [0.717, 1.165) is 12.8 Å². The molecule has 0 radical (unpaired) electrons. The van der Waals surface area contributed by atoms with E-state index >= 15 is 0 Å². The van der Waals surface area contributed by atoms with Crippen molar-refractivity contribution in [1.29, 1.82) is 5.41 Å². The molecule has 1 aromatic rings. The first-order valence-corrected chi connectivity index (χ1v) is 12.0. The number of likely N-dealkylation sites (tertiary alicyclic amines) is 1. The van der Waals surface area contributed by atoms with Crippen molar-refractivity contribution in [2.75, 3.05) is 19.6 Å². The van der Waals surface area contributed by atoms with E-state index in [1.54, 1.807) is 35.2 Å². The molecule has 13 nitrogen and oxygen atoms in total. The van der Waals surface area contributed by atoms with Gasteiger partial charge in [-0.1, -0.05) is 30.3 Å². The van der Waals surface area contributed by atoms with Crippen molar-refractivity contribution >= 4 is 35.6 Å². The van der Waals surface area contributed by atoms with Crippen LogP contribution in [0.1, 0.15) is 37.7 Å². The number of piperidine rings is 1. The van der Waals surface area contributed by atoms with Crippen LogP contribution >= 0.6 is 0 Å². The molecular weight excluding hydrogens is 484 g/mol. The molecule has 0 aromatic heterocycles. The number of hydrogen-bond acceptors (Lipinski definition) is 6. The number of amides is 3. The highest BCUT2D eigenvalue weighted by Crippen LogP contribution is 2.21. The lowest BCUT2D eigenvalue weighted by Gasteiger charge is -2.32. The normalized spacial score (nSPS) is 15.2. The molecule has 1 aliphatic rings. The first-order valence-electron chi connectivity index (χ1n) is 12.0. The molecule has 13 heteroatoms. The molecular formula is C24H34N6O7. The Morgan fingerprint density at radius 2 is 1.65 bits per heavy atom. The summed E-state index contributed by atoms with van der Waals surface area (Å²) in [6.07, 6.45) is 1.63. The van der Waals surface area contributed by atoms with Gasteiger partial charge in [-0.05, 0) is 30.7 Å². The second-order valence-corrected chi connectivity index (χ2v) is 8.94. The van der Waals surface area contributed by atoms with Gasteiger partial charge in [-0.2, -0.15) is 0 Å². The van der Waals surface area contributed by atoms with E-state index in [1.165, 1.54) is 0 Å². The molecule has 1 aliphatic heterocycles. The van der Waals surface area contributed by atoms with Crippen molar-refractivity contribution in [3.63, 3.8) is 0 Å². The van der Waals surface area contributed by atoms with E-state index in [-0.39, 0.29) is 24.7 Å². The van der Waals surface area contributed by atoms with Crippen molar-refractivity contribution in [1.82, 2.24) is 20.9 Å². The zero-order chi connectivity index (χ0) is 27.4. The fourth-order valence-corrected chi connectivity index (χ4v) is 4.02. The Kier molecular flexibility index (Phi) is 11.3. The number of benzene rings is 1. The predicted molar refractivity (Wildman–Crippen MR) is 132 cm³/mol. The number of guanidine groups is 1. The molecule has 8 N–H and O–H groups in total. The Morgan fingerprint density at radius 1 is 1.00 bits per heavy atom. The maximum absolute atomic E-state index is 12.6. The third-order valence-corrected chi connectivity index (χ3v) is 6.11. The van der Waals surface area contributed by atoms with Crippen molar-refractivity contribution < 1.29 is 34.2 Å². The Labute approximate surface area is 214 Å². The molecule has 37 heavy (non-hydrogen) atoms. The van der Waals surface area contributed by atoms with E-state index in [0.29, 0.717) is 31.0 Å². The quantitative estimate of drug-likeness (QED) is 0.129. The average molecular weight is 519 g/mol. The Bertz CT molecular complexity index is 979. The van der Waals surface area contributed by atoms with Gasteiger partial charge in [-0.25, -0.2) is 4.79 Å². The van der Waals surface area contributed by atoms with Gasteiger partial charge in [0.25, 0.3) is 0 Å². The first kappa shape index (κ1) is 29.1. The van der Waals surface area contributed by atoms with Crippen molar-refractivity contribution in [3.05, 3.63) is 35.9 Å². The van der Waals surface area contributed by atoms with E-state index in [2.05, 4.69) is 16.0 Å². The highest BCUT2D eigenvalue weighted by molar-refractivity contribution is 5.94. The summed E-state index contributed by atoms with van der Waals surface area (Å²) in [6, 6.07) is 5.72. The van der Waals surface area contributed by atoms with E-state index < -0.39 is 48.8 Å². The number of carboxylic acids is 2. The number of aliphatic carboxylic acids is 2. The van der Waals surface area contributed by atoms with Crippen LogP contribution in [-0.2, 0) is 30.4 Å². The lowest BCUT2D eigenvalue weighted by atomic mass is 9.92. The smallest absolute Gasteiger partial charge is 0.326 e. The van der Waals surface area contributed by atoms with E-state index in [1.807, 2.05) is 0 Å². The molecule has 0 unspecified atom stereocenters. The van der Waals surface area contributed by atoms with Crippen molar-refractivity contribution in [2.24, 2.45) is 11.7 Å².